The number of rotatable bonds is 10. The molecule has 0 saturated carbocycles. The van der Waals surface area contributed by atoms with Gasteiger partial charge in [-0.1, -0.05) is 13.8 Å². The summed E-state index contributed by atoms with van der Waals surface area (Å²) in [6.45, 7) is 3.28. The molecule has 5 heterocycles. The highest BCUT2D eigenvalue weighted by Crippen LogP contribution is 2.46. The fourth-order valence-electron chi connectivity index (χ4n) is 6.19. The van der Waals surface area contributed by atoms with Crippen molar-refractivity contribution in [2.75, 3.05) is 15.5 Å². The van der Waals surface area contributed by atoms with E-state index in [1.807, 2.05) is 0 Å². The molecular weight excluding hydrogens is 779 g/mol. The molecular formula is C36H27F9N8O2S. The van der Waals surface area contributed by atoms with Crippen LogP contribution in [0.15, 0.2) is 102 Å². The van der Waals surface area contributed by atoms with Crippen LogP contribution in [0.3, 0.4) is 0 Å². The molecule has 1 fully saturated rings. The Morgan fingerprint density at radius 2 is 1.11 bits per heavy atom. The number of alkyl halides is 9. The van der Waals surface area contributed by atoms with Crippen LogP contribution >= 0.6 is 11.8 Å². The molecule has 10 nitrogen and oxygen atoms in total. The van der Waals surface area contributed by atoms with Crippen molar-refractivity contribution < 1.29 is 49.1 Å². The number of carbonyl (C=O) groups is 2. The molecule has 0 radical (unpaired) electrons. The molecule has 4 aromatic heterocycles. The number of nitrogens with one attached hydrogen (secondary N) is 3. The predicted octanol–water partition coefficient (Wildman–Crippen LogP) is 9.81. The third-order valence-corrected chi connectivity index (χ3v) is 9.77. The van der Waals surface area contributed by atoms with Crippen LogP contribution < -0.4 is 20.9 Å². The van der Waals surface area contributed by atoms with Crippen LogP contribution in [0.4, 0.5) is 73.3 Å². The normalized spacial score (nSPS) is 17.4. The molecule has 1 aliphatic heterocycles. The van der Waals surface area contributed by atoms with E-state index in [-0.39, 0.29) is 45.6 Å². The number of benzene rings is 1. The molecule has 1 saturated heterocycles. The number of nitrogens with zero attached hydrogens (tertiary/aromatic N) is 5. The van der Waals surface area contributed by atoms with Gasteiger partial charge in [0, 0.05) is 41.5 Å². The van der Waals surface area contributed by atoms with Crippen molar-refractivity contribution in [1.82, 2.24) is 25.3 Å². The average molecular weight is 807 g/mol. The summed E-state index contributed by atoms with van der Waals surface area (Å²) in [5.74, 6) is -2.24. The number of hydrogen-bond donors (Lipinski definition) is 3. The highest BCUT2D eigenvalue weighted by molar-refractivity contribution is 8.00. The van der Waals surface area contributed by atoms with Crippen LogP contribution in [-0.2, 0) is 17.1 Å². The van der Waals surface area contributed by atoms with Crippen LogP contribution in [0, 0.1) is 0 Å². The molecule has 0 spiro atoms. The maximum Gasteiger partial charge on any atom is 0.446 e. The van der Waals surface area contributed by atoms with E-state index in [9.17, 15) is 49.1 Å². The number of hydrogen-bond acceptors (Lipinski definition) is 9. The molecule has 6 rings (SSSR count). The van der Waals surface area contributed by atoms with Gasteiger partial charge >= 0.3 is 23.9 Å². The second kappa shape index (κ2) is 15.0. The number of urea groups is 1. The van der Waals surface area contributed by atoms with Gasteiger partial charge in [0.2, 0.25) is 0 Å². The first-order valence-electron chi connectivity index (χ1n) is 16.3. The first kappa shape index (κ1) is 39.8. The molecule has 0 bridgehead atoms. The predicted molar refractivity (Wildman–Crippen MR) is 187 cm³/mol. The van der Waals surface area contributed by atoms with Gasteiger partial charge in [0.25, 0.3) is 5.91 Å². The third kappa shape index (κ3) is 8.48. The Kier molecular flexibility index (Phi) is 10.6. The van der Waals surface area contributed by atoms with Crippen LogP contribution in [0.25, 0.3) is 0 Å². The van der Waals surface area contributed by atoms with Crippen LogP contribution in [0.5, 0.6) is 0 Å². The second-order valence-electron chi connectivity index (χ2n) is 12.5. The van der Waals surface area contributed by atoms with E-state index in [4.69, 9.17) is 0 Å². The number of halogens is 9. The number of pyridine rings is 4. The lowest BCUT2D eigenvalue weighted by Crippen LogP contribution is -2.55. The summed E-state index contributed by atoms with van der Waals surface area (Å²) >= 11 is -0.372. The van der Waals surface area contributed by atoms with Gasteiger partial charge in [-0.15, -0.1) is 0 Å². The molecule has 292 valence electrons. The zero-order chi connectivity index (χ0) is 40.6. The van der Waals surface area contributed by atoms with Gasteiger partial charge in [-0.25, -0.2) is 29.6 Å². The molecule has 5 aromatic rings. The minimum absolute atomic E-state index is 0.0174. The summed E-state index contributed by atoms with van der Waals surface area (Å²) in [7, 11) is 0. The number of imide groups is 1. The number of carbonyl (C=O) groups excluding carboxylic acids is 2. The van der Waals surface area contributed by atoms with Crippen molar-refractivity contribution in [2.45, 2.75) is 54.0 Å². The van der Waals surface area contributed by atoms with Gasteiger partial charge in [0.05, 0.1) is 16.8 Å². The Morgan fingerprint density at radius 1 is 0.643 bits per heavy atom. The number of amides is 3. The standard InChI is InChI=1S/C36H27F9N8O2S/c1-19(21-11-13-46-29(15-21)50-27-9-3-23(17-48-27)34(37,38)39)33(31(54)53(32(55)52-33)25-5-7-26(8-6-25)56-36(43,44)45)20(2)22-12-14-47-30(16-22)51-28-10-4-24(18-49-28)35(40,41)42/h3-20H,1-2H3,(H,52,55)(H,46,48,50)(H,47,49,51). The van der Waals surface area contributed by atoms with E-state index in [1.54, 1.807) is 26.0 Å². The van der Waals surface area contributed by atoms with Crippen molar-refractivity contribution in [3.63, 3.8) is 0 Å². The van der Waals surface area contributed by atoms with Crippen LogP contribution in [0.2, 0.25) is 0 Å². The monoisotopic (exact) mass is 806 g/mol. The highest BCUT2D eigenvalue weighted by Gasteiger charge is 2.59. The lowest BCUT2D eigenvalue weighted by molar-refractivity contribution is -0.138. The molecule has 3 N–H and O–H groups in total. The van der Waals surface area contributed by atoms with E-state index in [0.29, 0.717) is 23.5 Å². The highest BCUT2D eigenvalue weighted by atomic mass is 32.2. The summed E-state index contributed by atoms with van der Waals surface area (Å²) < 4.78 is 118. The SMILES string of the molecule is CC(c1ccnc(Nc2ccc(C(F)(F)F)cn2)c1)C1(C(C)c2ccnc(Nc3ccc(C(F)(F)F)cn3)c2)NC(=O)N(c2ccc(SC(F)(F)F)cc2)C1=O. The molecule has 2 unspecified atom stereocenters. The van der Waals surface area contributed by atoms with E-state index in [1.165, 1.54) is 36.7 Å². The lowest BCUT2D eigenvalue weighted by Gasteiger charge is -2.39. The van der Waals surface area contributed by atoms with E-state index in [0.717, 1.165) is 41.3 Å². The fourth-order valence-corrected chi connectivity index (χ4v) is 6.72. The van der Waals surface area contributed by atoms with Gasteiger partial charge < -0.3 is 16.0 Å². The lowest BCUT2D eigenvalue weighted by atomic mass is 9.70. The van der Waals surface area contributed by atoms with Crippen LogP contribution in [0.1, 0.15) is 47.9 Å². The number of anilines is 5. The average Bonchev–Trinajstić information content (AvgIpc) is 3.40. The first-order chi connectivity index (χ1) is 26.2. The van der Waals surface area contributed by atoms with Crippen molar-refractivity contribution in [3.8, 4) is 0 Å². The fraction of sp³-hybridized carbons (Fsp3) is 0.222. The Morgan fingerprint density at radius 3 is 1.50 bits per heavy atom. The van der Waals surface area contributed by atoms with Crippen molar-refractivity contribution in [3.05, 3.63) is 120 Å². The van der Waals surface area contributed by atoms with Crippen molar-refractivity contribution in [1.29, 1.82) is 0 Å². The van der Waals surface area contributed by atoms with E-state index >= 15 is 0 Å². The van der Waals surface area contributed by atoms with E-state index in [2.05, 4.69) is 35.9 Å². The van der Waals surface area contributed by atoms with Crippen molar-refractivity contribution >= 4 is 52.7 Å². The molecule has 20 heteroatoms. The van der Waals surface area contributed by atoms with Crippen LogP contribution in [-0.4, -0.2) is 42.9 Å². The first-order valence-corrected chi connectivity index (χ1v) is 17.1. The minimum Gasteiger partial charge on any atom is -0.325 e. The Labute approximate surface area is 316 Å². The zero-order valence-electron chi connectivity index (χ0n) is 28.8. The van der Waals surface area contributed by atoms with Gasteiger partial charge in [-0.2, -0.15) is 39.5 Å². The maximum absolute atomic E-state index is 14.8. The Balaban J connectivity index is 1.36. The van der Waals surface area contributed by atoms with Gasteiger partial charge in [-0.3, -0.25) is 4.79 Å². The summed E-state index contributed by atoms with van der Waals surface area (Å²) in [5, 5.41) is 8.47. The molecule has 1 aliphatic rings. The van der Waals surface area contributed by atoms with Gasteiger partial charge in [0.15, 0.2) is 0 Å². The molecule has 0 aliphatic carbocycles. The molecule has 2 atom stereocenters. The summed E-state index contributed by atoms with van der Waals surface area (Å²) in [4.78, 5) is 45.2. The number of aromatic nitrogens is 4. The maximum atomic E-state index is 14.8. The van der Waals surface area contributed by atoms with E-state index < -0.39 is 58.3 Å². The quantitative estimate of drug-likeness (QED) is 0.0719. The summed E-state index contributed by atoms with van der Waals surface area (Å²) in [6.07, 6.45) is -5.17. The van der Waals surface area contributed by atoms with Gasteiger partial charge in [0.1, 0.15) is 28.8 Å². The number of thioether (sulfide) groups is 1. The zero-order valence-corrected chi connectivity index (χ0v) is 29.6. The summed E-state index contributed by atoms with van der Waals surface area (Å²) in [5.41, 5.74) is -7.49. The summed E-state index contributed by atoms with van der Waals surface area (Å²) in [6, 6.07) is 13.8. The molecule has 56 heavy (non-hydrogen) atoms. The smallest absolute Gasteiger partial charge is 0.325 e. The largest absolute Gasteiger partial charge is 0.446 e. The topological polar surface area (TPSA) is 125 Å². The Hall–Kier alpha value is -5.92. The van der Waals surface area contributed by atoms with Crippen molar-refractivity contribution in [2.24, 2.45) is 0 Å². The Bertz CT molecular complexity index is 2110. The minimum atomic E-state index is -4.61. The third-order valence-electron chi connectivity index (χ3n) is 9.03. The molecule has 1 aromatic carbocycles. The van der Waals surface area contributed by atoms with Gasteiger partial charge in [-0.05, 0) is 95.7 Å². The molecule has 3 amide bonds. The second-order valence-corrected chi connectivity index (χ2v) is 13.6.